The number of hydrogen-bond acceptors (Lipinski definition) is 4. The number of rotatable bonds is 7. The van der Waals surface area contributed by atoms with E-state index < -0.39 is 5.91 Å². The van der Waals surface area contributed by atoms with Crippen molar-refractivity contribution in [2.24, 2.45) is 5.73 Å². The predicted molar refractivity (Wildman–Crippen MR) is 96.2 cm³/mol. The third kappa shape index (κ3) is 5.27. The van der Waals surface area contributed by atoms with E-state index in [0.29, 0.717) is 35.3 Å². The van der Waals surface area contributed by atoms with Crippen LogP contribution in [0.15, 0.2) is 48.0 Å². The Bertz CT molecular complexity index is 841. The summed E-state index contributed by atoms with van der Waals surface area (Å²) in [6, 6.07) is 14.3. The number of nitriles is 1. The zero-order valence-electron chi connectivity index (χ0n) is 13.7. The highest BCUT2D eigenvalue weighted by Crippen LogP contribution is 2.30. The number of carbonyl (C=O) groups excluding carboxylic acids is 1. The van der Waals surface area contributed by atoms with Crippen LogP contribution in [0.4, 0.5) is 0 Å². The van der Waals surface area contributed by atoms with Gasteiger partial charge >= 0.3 is 0 Å². The Kier molecular flexibility index (Phi) is 6.44. The van der Waals surface area contributed by atoms with E-state index in [1.165, 1.54) is 6.08 Å². The van der Waals surface area contributed by atoms with Crippen LogP contribution in [-0.4, -0.2) is 12.5 Å². The highest BCUT2D eigenvalue weighted by Gasteiger charge is 2.09. The molecule has 0 saturated heterocycles. The molecule has 0 spiro atoms. The molecule has 2 rings (SSSR count). The van der Waals surface area contributed by atoms with E-state index in [1.54, 1.807) is 30.3 Å². The molecule has 2 aromatic rings. The fourth-order valence-electron chi connectivity index (χ4n) is 2.11. The average molecular weight is 357 g/mol. The van der Waals surface area contributed by atoms with Crippen molar-refractivity contribution in [3.8, 4) is 17.6 Å². The lowest BCUT2D eigenvalue weighted by Gasteiger charge is -2.13. The van der Waals surface area contributed by atoms with E-state index in [9.17, 15) is 4.79 Å². The van der Waals surface area contributed by atoms with Gasteiger partial charge in [-0.1, -0.05) is 29.8 Å². The lowest BCUT2D eigenvalue weighted by molar-refractivity contribution is -0.114. The lowest BCUT2D eigenvalue weighted by Crippen LogP contribution is -2.12. The number of carbonyl (C=O) groups is 1. The Morgan fingerprint density at radius 3 is 2.68 bits per heavy atom. The van der Waals surface area contributed by atoms with Gasteiger partial charge in [0.25, 0.3) is 5.91 Å². The van der Waals surface area contributed by atoms with Crippen LogP contribution in [0, 0.1) is 11.3 Å². The molecule has 0 aliphatic carbocycles. The SMILES string of the molecule is CCOc1cc(/C=C(\C#N)C(N)=O)ccc1OCc1cccc(Cl)c1. The fourth-order valence-corrected chi connectivity index (χ4v) is 2.33. The maximum absolute atomic E-state index is 11.2. The molecule has 0 radical (unpaired) electrons. The van der Waals surface area contributed by atoms with Crippen LogP contribution < -0.4 is 15.2 Å². The molecule has 128 valence electrons. The quantitative estimate of drug-likeness (QED) is 0.605. The smallest absolute Gasteiger partial charge is 0.259 e. The molecule has 0 heterocycles. The van der Waals surface area contributed by atoms with Gasteiger partial charge in [-0.15, -0.1) is 0 Å². The number of hydrogen-bond donors (Lipinski definition) is 1. The summed E-state index contributed by atoms with van der Waals surface area (Å²) in [4.78, 5) is 11.2. The molecule has 2 N–H and O–H groups in total. The highest BCUT2D eigenvalue weighted by atomic mass is 35.5. The van der Waals surface area contributed by atoms with Gasteiger partial charge in [-0.2, -0.15) is 5.26 Å². The number of halogens is 1. The van der Waals surface area contributed by atoms with Crippen molar-refractivity contribution >= 4 is 23.6 Å². The largest absolute Gasteiger partial charge is 0.490 e. The zero-order valence-corrected chi connectivity index (χ0v) is 14.4. The Morgan fingerprint density at radius 2 is 2.04 bits per heavy atom. The van der Waals surface area contributed by atoms with Gasteiger partial charge in [0.1, 0.15) is 18.2 Å². The van der Waals surface area contributed by atoms with Crippen LogP contribution in [-0.2, 0) is 11.4 Å². The van der Waals surface area contributed by atoms with Gasteiger partial charge in [0.05, 0.1) is 6.61 Å². The van der Waals surface area contributed by atoms with E-state index in [4.69, 9.17) is 32.1 Å². The molecule has 0 atom stereocenters. The first-order valence-corrected chi connectivity index (χ1v) is 7.97. The predicted octanol–water partition coefficient (Wildman–Crippen LogP) is 3.71. The summed E-state index contributed by atoms with van der Waals surface area (Å²) in [5, 5.41) is 9.57. The van der Waals surface area contributed by atoms with Crippen LogP contribution in [0.2, 0.25) is 5.02 Å². The number of ether oxygens (including phenoxy) is 2. The third-order valence-electron chi connectivity index (χ3n) is 3.25. The van der Waals surface area contributed by atoms with E-state index in [0.717, 1.165) is 5.56 Å². The first-order valence-electron chi connectivity index (χ1n) is 7.59. The highest BCUT2D eigenvalue weighted by molar-refractivity contribution is 6.30. The molecule has 5 nitrogen and oxygen atoms in total. The molecule has 1 amide bonds. The number of primary amides is 1. The maximum atomic E-state index is 11.2. The second-order valence-electron chi connectivity index (χ2n) is 5.09. The van der Waals surface area contributed by atoms with Crippen molar-refractivity contribution in [1.82, 2.24) is 0 Å². The summed E-state index contributed by atoms with van der Waals surface area (Å²) in [7, 11) is 0. The molecule has 0 bridgehead atoms. The Morgan fingerprint density at radius 1 is 1.24 bits per heavy atom. The number of nitrogens with zero attached hydrogens (tertiary/aromatic N) is 1. The molecule has 6 heteroatoms. The first kappa shape index (κ1) is 18.4. The van der Waals surface area contributed by atoms with E-state index in [-0.39, 0.29) is 5.57 Å². The van der Waals surface area contributed by atoms with Gasteiger partial charge in [0.2, 0.25) is 0 Å². The Labute approximate surface area is 151 Å². The minimum Gasteiger partial charge on any atom is -0.490 e. The van der Waals surface area contributed by atoms with Crippen LogP contribution >= 0.6 is 11.6 Å². The van der Waals surface area contributed by atoms with Gasteiger partial charge in [0.15, 0.2) is 11.5 Å². The van der Waals surface area contributed by atoms with E-state index in [1.807, 2.05) is 25.1 Å². The molecule has 0 unspecified atom stereocenters. The van der Waals surface area contributed by atoms with E-state index in [2.05, 4.69) is 0 Å². The van der Waals surface area contributed by atoms with Crippen molar-refractivity contribution in [1.29, 1.82) is 5.26 Å². The zero-order chi connectivity index (χ0) is 18.2. The van der Waals surface area contributed by atoms with Gasteiger partial charge < -0.3 is 15.2 Å². The summed E-state index contributed by atoms with van der Waals surface area (Å²) >= 11 is 5.97. The Balaban J connectivity index is 2.24. The summed E-state index contributed by atoms with van der Waals surface area (Å²) in [5.74, 6) is 0.290. The van der Waals surface area contributed by atoms with Crippen LogP contribution in [0.5, 0.6) is 11.5 Å². The molecule has 2 aromatic carbocycles. The monoisotopic (exact) mass is 356 g/mol. The fraction of sp³-hybridized carbons (Fsp3) is 0.158. The van der Waals surface area contributed by atoms with Crippen molar-refractivity contribution in [3.05, 3.63) is 64.2 Å². The average Bonchev–Trinajstić information content (AvgIpc) is 2.59. The molecule has 0 fully saturated rings. The van der Waals surface area contributed by atoms with Crippen molar-refractivity contribution in [2.75, 3.05) is 6.61 Å². The van der Waals surface area contributed by atoms with Crippen molar-refractivity contribution in [3.63, 3.8) is 0 Å². The van der Waals surface area contributed by atoms with Crippen molar-refractivity contribution < 1.29 is 14.3 Å². The molecular formula is C19H17ClN2O3. The Hall–Kier alpha value is -2.97. The molecule has 0 aromatic heterocycles. The van der Waals surface area contributed by atoms with Crippen LogP contribution in [0.25, 0.3) is 6.08 Å². The van der Waals surface area contributed by atoms with Gasteiger partial charge in [-0.3, -0.25) is 4.79 Å². The topological polar surface area (TPSA) is 85.3 Å². The van der Waals surface area contributed by atoms with Gasteiger partial charge in [-0.05, 0) is 48.4 Å². The number of amides is 1. The molecule has 25 heavy (non-hydrogen) atoms. The standard InChI is InChI=1S/C19H17ClN2O3/c1-2-24-18-10-13(8-15(11-21)19(22)23)6-7-17(18)25-12-14-4-3-5-16(20)9-14/h3-10H,2,12H2,1H3,(H2,22,23)/b15-8+. The molecule has 0 aliphatic rings. The first-order chi connectivity index (χ1) is 12.0. The summed E-state index contributed by atoms with van der Waals surface area (Å²) in [6.45, 7) is 2.63. The van der Waals surface area contributed by atoms with Gasteiger partial charge in [-0.25, -0.2) is 0 Å². The molecular weight excluding hydrogens is 340 g/mol. The van der Waals surface area contributed by atoms with E-state index >= 15 is 0 Å². The second-order valence-corrected chi connectivity index (χ2v) is 5.53. The minimum absolute atomic E-state index is 0.130. The minimum atomic E-state index is -0.776. The van der Waals surface area contributed by atoms with Gasteiger partial charge in [0, 0.05) is 5.02 Å². The number of nitrogens with two attached hydrogens (primary N) is 1. The maximum Gasteiger partial charge on any atom is 0.259 e. The van der Waals surface area contributed by atoms with Crippen molar-refractivity contribution in [2.45, 2.75) is 13.5 Å². The third-order valence-corrected chi connectivity index (χ3v) is 3.48. The summed E-state index contributed by atoms with van der Waals surface area (Å²) < 4.78 is 11.4. The van der Waals surface area contributed by atoms with Crippen LogP contribution in [0.3, 0.4) is 0 Å². The molecule has 0 aliphatic heterocycles. The normalized spacial score (nSPS) is 10.8. The molecule has 0 saturated carbocycles. The lowest BCUT2D eigenvalue weighted by atomic mass is 10.1. The summed E-state index contributed by atoms with van der Waals surface area (Å²) in [5.41, 5.74) is 6.57. The summed E-state index contributed by atoms with van der Waals surface area (Å²) in [6.07, 6.45) is 1.41. The van der Waals surface area contributed by atoms with Crippen LogP contribution in [0.1, 0.15) is 18.1 Å². The second kappa shape index (κ2) is 8.76. The number of benzene rings is 2.